The Morgan fingerprint density at radius 1 is 1.19 bits per heavy atom. The van der Waals surface area contributed by atoms with Crippen LogP contribution >= 0.6 is 22.7 Å². The third kappa shape index (κ3) is 3.25. The quantitative estimate of drug-likeness (QED) is 0.710. The molecular formula is C16H16N2OS2. The first kappa shape index (κ1) is 14.1. The zero-order valence-electron chi connectivity index (χ0n) is 11.7. The maximum absolute atomic E-state index is 5.86. The van der Waals surface area contributed by atoms with E-state index in [4.69, 9.17) is 15.5 Å². The Labute approximate surface area is 132 Å². The molecule has 0 radical (unpaired) electrons. The van der Waals surface area contributed by atoms with Gasteiger partial charge in [-0.3, -0.25) is 0 Å². The molecule has 21 heavy (non-hydrogen) atoms. The van der Waals surface area contributed by atoms with Gasteiger partial charge >= 0.3 is 0 Å². The van der Waals surface area contributed by atoms with Gasteiger partial charge in [-0.15, -0.1) is 22.7 Å². The normalized spacial score (nSPS) is 10.7. The molecule has 0 bridgehead atoms. The molecule has 0 saturated carbocycles. The fourth-order valence-corrected chi connectivity index (χ4v) is 3.82. The van der Waals surface area contributed by atoms with Crippen molar-refractivity contribution in [1.82, 2.24) is 4.98 Å². The molecule has 3 aromatic rings. The summed E-state index contributed by atoms with van der Waals surface area (Å²) < 4.78 is 5.72. The third-order valence-electron chi connectivity index (χ3n) is 3.09. The van der Waals surface area contributed by atoms with Gasteiger partial charge in [0.2, 0.25) is 0 Å². The minimum absolute atomic E-state index is 0.588. The van der Waals surface area contributed by atoms with Crippen LogP contribution in [-0.4, -0.2) is 11.6 Å². The number of ether oxygens (including phenoxy) is 1. The van der Waals surface area contributed by atoms with E-state index in [1.807, 2.05) is 24.3 Å². The fourth-order valence-electron chi connectivity index (χ4n) is 2.06. The van der Waals surface area contributed by atoms with Gasteiger partial charge in [0.25, 0.3) is 0 Å². The van der Waals surface area contributed by atoms with Gasteiger partial charge in [0.1, 0.15) is 5.75 Å². The Morgan fingerprint density at radius 2 is 2.05 bits per heavy atom. The van der Waals surface area contributed by atoms with Crippen molar-refractivity contribution in [3.8, 4) is 16.3 Å². The Hall–Kier alpha value is -1.85. The number of nitrogen functional groups attached to an aromatic ring is 1. The second kappa shape index (κ2) is 6.28. The number of rotatable bonds is 5. The van der Waals surface area contributed by atoms with Crippen LogP contribution in [0.3, 0.4) is 0 Å². The van der Waals surface area contributed by atoms with Crippen LogP contribution in [0.5, 0.6) is 5.75 Å². The van der Waals surface area contributed by atoms with Crippen LogP contribution < -0.4 is 10.5 Å². The molecule has 2 heterocycles. The molecule has 0 saturated heterocycles. The lowest BCUT2D eigenvalue weighted by molar-refractivity contribution is 0.323. The molecule has 5 heteroatoms. The van der Waals surface area contributed by atoms with Crippen LogP contribution in [0.25, 0.3) is 10.6 Å². The average Bonchev–Trinajstić information content (AvgIpc) is 3.10. The number of benzene rings is 1. The highest BCUT2D eigenvalue weighted by Crippen LogP contribution is 2.31. The molecule has 0 aliphatic heterocycles. The van der Waals surface area contributed by atoms with Crippen molar-refractivity contribution >= 4 is 28.4 Å². The summed E-state index contributed by atoms with van der Waals surface area (Å²) in [6.07, 6.45) is 0.797. The lowest BCUT2D eigenvalue weighted by atomic mass is 10.3. The van der Waals surface area contributed by atoms with E-state index in [-0.39, 0.29) is 0 Å². The first-order valence-electron chi connectivity index (χ1n) is 6.71. The van der Waals surface area contributed by atoms with Crippen molar-refractivity contribution in [1.29, 1.82) is 0 Å². The SMILES string of the molecule is Cc1sc(CCOc2ccccc2N)nc1-c1cccs1. The lowest BCUT2D eigenvalue weighted by Gasteiger charge is -2.07. The molecule has 2 N–H and O–H groups in total. The van der Waals surface area contributed by atoms with Crippen LogP contribution in [0.15, 0.2) is 41.8 Å². The molecule has 2 aromatic heterocycles. The largest absolute Gasteiger partial charge is 0.491 e. The van der Waals surface area contributed by atoms with Gasteiger partial charge in [-0.1, -0.05) is 18.2 Å². The summed E-state index contributed by atoms with van der Waals surface area (Å²) in [5.41, 5.74) is 7.63. The van der Waals surface area contributed by atoms with Gasteiger partial charge in [0, 0.05) is 11.3 Å². The maximum atomic E-state index is 5.86. The number of nitrogens with two attached hydrogens (primary N) is 1. The molecule has 0 atom stereocenters. The summed E-state index contributed by atoms with van der Waals surface area (Å²) in [4.78, 5) is 7.20. The molecule has 3 rings (SSSR count). The zero-order chi connectivity index (χ0) is 14.7. The van der Waals surface area contributed by atoms with Crippen molar-refractivity contribution < 1.29 is 4.74 Å². The molecular weight excluding hydrogens is 300 g/mol. The lowest BCUT2D eigenvalue weighted by Crippen LogP contribution is -2.03. The summed E-state index contributed by atoms with van der Waals surface area (Å²) in [6.45, 7) is 2.71. The van der Waals surface area contributed by atoms with E-state index in [9.17, 15) is 0 Å². The summed E-state index contributed by atoms with van der Waals surface area (Å²) in [5.74, 6) is 0.740. The predicted octanol–water partition coefficient (Wildman–Crippen LogP) is 4.38. The topological polar surface area (TPSA) is 48.1 Å². The Kier molecular flexibility index (Phi) is 4.22. The van der Waals surface area contributed by atoms with E-state index in [0.29, 0.717) is 12.3 Å². The number of aryl methyl sites for hydroxylation is 1. The van der Waals surface area contributed by atoms with Gasteiger partial charge in [0.15, 0.2) is 0 Å². The standard InChI is InChI=1S/C16H16N2OS2/c1-11-16(14-7-4-10-20-14)18-15(21-11)8-9-19-13-6-3-2-5-12(13)17/h2-7,10H,8-9,17H2,1H3. The summed E-state index contributed by atoms with van der Waals surface area (Å²) in [6, 6.07) is 11.7. The smallest absolute Gasteiger partial charge is 0.142 e. The molecule has 0 amide bonds. The van der Waals surface area contributed by atoms with E-state index in [1.165, 1.54) is 9.75 Å². The van der Waals surface area contributed by atoms with Crippen molar-refractivity contribution in [2.45, 2.75) is 13.3 Å². The molecule has 3 nitrogen and oxygen atoms in total. The minimum atomic E-state index is 0.588. The molecule has 0 aliphatic rings. The van der Waals surface area contributed by atoms with Gasteiger partial charge in [-0.25, -0.2) is 4.98 Å². The third-order valence-corrected chi connectivity index (χ3v) is 5.00. The summed E-state index contributed by atoms with van der Waals surface area (Å²) in [7, 11) is 0. The van der Waals surface area contributed by atoms with Gasteiger partial charge in [-0.05, 0) is 30.5 Å². The Morgan fingerprint density at radius 3 is 2.81 bits per heavy atom. The van der Waals surface area contributed by atoms with E-state index >= 15 is 0 Å². The zero-order valence-corrected chi connectivity index (χ0v) is 13.3. The molecule has 0 spiro atoms. The monoisotopic (exact) mass is 316 g/mol. The van der Waals surface area contributed by atoms with E-state index < -0.39 is 0 Å². The number of para-hydroxylation sites is 2. The molecule has 0 unspecified atom stereocenters. The van der Waals surface area contributed by atoms with Gasteiger partial charge in [0.05, 0.1) is 27.9 Å². The summed E-state index contributed by atoms with van der Waals surface area (Å²) in [5, 5.41) is 3.18. The second-order valence-corrected chi connectivity index (χ2v) is 6.86. The van der Waals surface area contributed by atoms with Crippen molar-refractivity contribution in [2.24, 2.45) is 0 Å². The van der Waals surface area contributed by atoms with Crippen LogP contribution in [0, 0.1) is 6.92 Å². The van der Waals surface area contributed by atoms with Crippen molar-refractivity contribution in [3.63, 3.8) is 0 Å². The molecule has 108 valence electrons. The number of nitrogens with zero attached hydrogens (tertiary/aromatic N) is 1. The van der Waals surface area contributed by atoms with Gasteiger partial charge in [-0.2, -0.15) is 0 Å². The number of anilines is 1. The van der Waals surface area contributed by atoms with Crippen molar-refractivity contribution in [3.05, 3.63) is 51.7 Å². The Balaban J connectivity index is 1.64. The van der Waals surface area contributed by atoms with Crippen LogP contribution in [0.1, 0.15) is 9.88 Å². The highest BCUT2D eigenvalue weighted by atomic mass is 32.1. The molecule has 0 aliphatic carbocycles. The average molecular weight is 316 g/mol. The van der Waals surface area contributed by atoms with Crippen LogP contribution in [-0.2, 0) is 6.42 Å². The first-order valence-corrected chi connectivity index (χ1v) is 8.41. The van der Waals surface area contributed by atoms with E-state index in [1.54, 1.807) is 22.7 Å². The Bertz CT molecular complexity index is 720. The number of thiophene rings is 1. The minimum Gasteiger partial charge on any atom is -0.491 e. The number of aromatic nitrogens is 1. The predicted molar refractivity (Wildman–Crippen MR) is 90.2 cm³/mol. The van der Waals surface area contributed by atoms with Crippen molar-refractivity contribution in [2.75, 3.05) is 12.3 Å². The number of thiazole rings is 1. The molecule has 1 aromatic carbocycles. The number of hydrogen-bond donors (Lipinski definition) is 1. The van der Waals surface area contributed by atoms with E-state index in [2.05, 4.69) is 24.4 Å². The maximum Gasteiger partial charge on any atom is 0.142 e. The second-order valence-electron chi connectivity index (χ2n) is 4.63. The van der Waals surface area contributed by atoms with Crippen LogP contribution in [0.4, 0.5) is 5.69 Å². The molecule has 0 fully saturated rings. The van der Waals surface area contributed by atoms with Gasteiger partial charge < -0.3 is 10.5 Å². The van der Waals surface area contributed by atoms with E-state index in [0.717, 1.165) is 22.9 Å². The summed E-state index contributed by atoms with van der Waals surface area (Å²) >= 11 is 3.46. The fraction of sp³-hybridized carbons (Fsp3) is 0.188. The first-order chi connectivity index (χ1) is 10.2. The van der Waals surface area contributed by atoms with Crippen LogP contribution in [0.2, 0.25) is 0 Å². The highest BCUT2D eigenvalue weighted by Gasteiger charge is 2.10. The highest BCUT2D eigenvalue weighted by molar-refractivity contribution is 7.15. The number of hydrogen-bond acceptors (Lipinski definition) is 5.